The molecule has 0 saturated heterocycles. The fourth-order valence-electron chi connectivity index (χ4n) is 2.40. The van der Waals surface area contributed by atoms with Gasteiger partial charge in [0.2, 0.25) is 0 Å². The van der Waals surface area contributed by atoms with E-state index in [1.54, 1.807) is 7.11 Å². The van der Waals surface area contributed by atoms with Crippen LogP contribution in [0.25, 0.3) is 0 Å². The number of aryl methyl sites for hydroxylation is 1. The molecule has 1 N–H and O–H groups in total. The van der Waals surface area contributed by atoms with Gasteiger partial charge in [0.15, 0.2) is 11.5 Å². The molecule has 0 aromatic heterocycles. The molecule has 0 amide bonds. The highest BCUT2D eigenvalue weighted by Gasteiger charge is 2.54. The molecule has 5 heteroatoms. The minimum atomic E-state index is -0.802. The summed E-state index contributed by atoms with van der Waals surface area (Å²) in [7, 11) is 3.08. The lowest BCUT2D eigenvalue weighted by molar-refractivity contribution is -0.140. The van der Waals surface area contributed by atoms with E-state index in [4.69, 9.17) is 9.47 Å². The van der Waals surface area contributed by atoms with Crippen molar-refractivity contribution in [3.63, 3.8) is 0 Å². The highest BCUT2D eigenvalue weighted by Crippen LogP contribution is 2.56. The van der Waals surface area contributed by atoms with E-state index in [-0.39, 0.29) is 0 Å². The molecule has 0 radical (unpaired) electrons. The summed E-state index contributed by atoms with van der Waals surface area (Å²) in [5, 5.41) is 9.43. The van der Waals surface area contributed by atoms with Gasteiger partial charge in [-0.15, -0.1) is 0 Å². The predicted molar refractivity (Wildman–Crippen MR) is 70.5 cm³/mol. The third-order valence-electron chi connectivity index (χ3n) is 3.43. The van der Waals surface area contributed by atoms with E-state index in [1.807, 2.05) is 13.0 Å². The van der Waals surface area contributed by atoms with Gasteiger partial charge in [-0.25, -0.2) is 0 Å². The van der Waals surface area contributed by atoms with E-state index in [0.29, 0.717) is 24.3 Å². The van der Waals surface area contributed by atoms with Gasteiger partial charge in [0.25, 0.3) is 0 Å². The Hall–Kier alpha value is -1.23. The van der Waals surface area contributed by atoms with Crippen LogP contribution >= 0.6 is 15.9 Å². The Bertz CT molecular complexity index is 506. The number of halogens is 1. The Balaban J connectivity index is 2.70. The number of aliphatic carboxylic acids is 1. The molecule has 0 bridgehead atoms. The zero-order valence-electron chi connectivity index (χ0n) is 10.5. The number of carboxylic acids is 1. The van der Waals surface area contributed by atoms with Crippen LogP contribution in [0.5, 0.6) is 11.5 Å². The molecule has 1 fully saturated rings. The van der Waals surface area contributed by atoms with Crippen molar-refractivity contribution in [1.29, 1.82) is 0 Å². The maximum atomic E-state index is 11.5. The van der Waals surface area contributed by atoms with Crippen molar-refractivity contribution in [2.75, 3.05) is 14.2 Å². The van der Waals surface area contributed by atoms with Crippen LogP contribution in [-0.4, -0.2) is 25.3 Å². The highest BCUT2D eigenvalue weighted by molar-refractivity contribution is 9.10. The molecule has 0 atom stereocenters. The van der Waals surface area contributed by atoms with Gasteiger partial charge >= 0.3 is 5.97 Å². The van der Waals surface area contributed by atoms with E-state index in [0.717, 1.165) is 15.6 Å². The van der Waals surface area contributed by atoms with Crippen molar-refractivity contribution >= 4 is 21.9 Å². The molecule has 18 heavy (non-hydrogen) atoms. The van der Waals surface area contributed by atoms with Crippen molar-refractivity contribution in [3.8, 4) is 11.5 Å². The maximum absolute atomic E-state index is 11.5. The number of carboxylic acid groups (broad SMARTS) is 1. The summed E-state index contributed by atoms with van der Waals surface area (Å²) in [6, 6.07) is 1.87. The molecule has 2 rings (SSSR count). The zero-order valence-corrected chi connectivity index (χ0v) is 12.1. The first kappa shape index (κ1) is 13.2. The Morgan fingerprint density at radius 3 is 2.28 bits per heavy atom. The summed E-state index contributed by atoms with van der Waals surface area (Å²) in [5.74, 6) is 0.267. The van der Waals surface area contributed by atoms with Crippen LogP contribution in [0.1, 0.15) is 24.0 Å². The van der Waals surface area contributed by atoms with Crippen LogP contribution in [0.4, 0.5) is 0 Å². The van der Waals surface area contributed by atoms with E-state index in [2.05, 4.69) is 15.9 Å². The minimum absolute atomic E-state index is 0.518. The minimum Gasteiger partial charge on any atom is -0.492 e. The van der Waals surface area contributed by atoms with Crippen LogP contribution in [0.15, 0.2) is 10.5 Å². The van der Waals surface area contributed by atoms with Crippen LogP contribution in [0, 0.1) is 6.92 Å². The monoisotopic (exact) mass is 314 g/mol. The molecular weight excluding hydrogens is 300 g/mol. The third kappa shape index (κ3) is 1.77. The van der Waals surface area contributed by atoms with Gasteiger partial charge in [-0.3, -0.25) is 4.79 Å². The van der Waals surface area contributed by atoms with Crippen molar-refractivity contribution in [2.24, 2.45) is 0 Å². The summed E-state index contributed by atoms with van der Waals surface area (Å²) in [4.78, 5) is 11.5. The maximum Gasteiger partial charge on any atom is 0.314 e. The van der Waals surface area contributed by atoms with Crippen molar-refractivity contribution in [1.82, 2.24) is 0 Å². The number of benzene rings is 1. The van der Waals surface area contributed by atoms with Gasteiger partial charge in [-0.1, -0.05) is 0 Å². The van der Waals surface area contributed by atoms with E-state index >= 15 is 0 Å². The van der Waals surface area contributed by atoms with Gasteiger partial charge in [0, 0.05) is 5.56 Å². The molecule has 0 spiro atoms. The molecular formula is C13H15BrO4. The standard InChI is InChI=1S/C13H15BrO4/c1-7-6-8(14)10(17-2)11(18-3)9(7)13(4-5-13)12(15)16/h6H,4-5H2,1-3H3,(H,15,16). The second-order valence-electron chi connectivity index (χ2n) is 4.50. The lowest BCUT2D eigenvalue weighted by Crippen LogP contribution is -2.22. The van der Waals surface area contributed by atoms with Gasteiger partial charge in [0.05, 0.1) is 24.1 Å². The summed E-state index contributed by atoms with van der Waals surface area (Å²) in [5.41, 5.74) is 0.834. The molecule has 1 aliphatic carbocycles. The Labute approximate surface area is 114 Å². The van der Waals surface area contributed by atoms with Crippen LogP contribution < -0.4 is 9.47 Å². The van der Waals surface area contributed by atoms with Crippen molar-refractivity contribution < 1.29 is 19.4 Å². The average molecular weight is 315 g/mol. The van der Waals surface area contributed by atoms with Gasteiger partial charge in [-0.05, 0) is 47.3 Å². The quantitative estimate of drug-likeness (QED) is 0.928. The number of hydrogen-bond acceptors (Lipinski definition) is 3. The molecule has 1 saturated carbocycles. The molecule has 4 nitrogen and oxygen atoms in total. The van der Waals surface area contributed by atoms with Crippen molar-refractivity contribution in [2.45, 2.75) is 25.2 Å². The molecule has 0 heterocycles. The SMILES string of the molecule is COc1c(Br)cc(C)c(C2(C(=O)O)CC2)c1OC. The predicted octanol–water partition coefficient (Wildman–Crippen LogP) is 2.89. The average Bonchev–Trinajstić information content (AvgIpc) is 3.09. The summed E-state index contributed by atoms with van der Waals surface area (Å²) >= 11 is 3.40. The first-order valence-corrected chi connectivity index (χ1v) is 6.42. The van der Waals surface area contributed by atoms with Crippen LogP contribution in [0.3, 0.4) is 0 Å². The fraction of sp³-hybridized carbons (Fsp3) is 0.462. The number of ether oxygens (including phenoxy) is 2. The lowest BCUT2D eigenvalue weighted by atomic mass is 9.90. The lowest BCUT2D eigenvalue weighted by Gasteiger charge is -2.21. The third-order valence-corrected chi connectivity index (χ3v) is 4.02. The smallest absolute Gasteiger partial charge is 0.314 e. The van der Waals surface area contributed by atoms with Crippen molar-refractivity contribution in [3.05, 3.63) is 21.7 Å². The molecule has 1 aromatic carbocycles. The molecule has 0 aliphatic heterocycles. The summed E-state index contributed by atoms with van der Waals surface area (Å²) in [6.07, 6.45) is 1.29. The zero-order chi connectivity index (χ0) is 13.5. The first-order chi connectivity index (χ1) is 8.47. The Morgan fingerprint density at radius 2 is 1.89 bits per heavy atom. The van der Waals surface area contributed by atoms with Gasteiger partial charge in [-0.2, -0.15) is 0 Å². The Kier molecular flexibility index (Phi) is 3.27. The van der Waals surface area contributed by atoms with Crippen LogP contribution in [0.2, 0.25) is 0 Å². The second-order valence-corrected chi connectivity index (χ2v) is 5.36. The fourth-order valence-corrected chi connectivity index (χ4v) is 3.09. The highest BCUT2D eigenvalue weighted by atomic mass is 79.9. The summed E-state index contributed by atoms with van der Waals surface area (Å²) < 4.78 is 11.5. The summed E-state index contributed by atoms with van der Waals surface area (Å²) in [6.45, 7) is 1.89. The normalized spacial score (nSPS) is 16.2. The number of hydrogen-bond donors (Lipinski definition) is 1. The number of rotatable bonds is 4. The molecule has 0 unspecified atom stereocenters. The van der Waals surface area contributed by atoms with Gasteiger partial charge < -0.3 is 14.6 Å². The van der Waals surface area contributed by atoms with E-state index < -0.39 is 11.4 Å². The second kappa shape index (κ2) is 4.46. The topological polar surface area (TPSA) is 55.8 Å². The van der Waals surface area contributed by atoms with E-state index in [1.165, 1.54) is 7.11 Å². The first-order valence-electron chi connectivity index (χ1n) is 5.63. The van der Waals surface area contributed by atoms with Crippen LogP contribution in [-0.2, 0) is 10.2 Å². The van der Waals surface area contributed by atoms with Gasteiger partial charge in [0.1, 0.15) is 0 Å². The number of methoxy groups -OCH3 is 2. The Morgan fingerprint density at radius 1 is 1.33 bits per heavy atom. The largest absolute Gasteiger partial charge is 0.492 e. The number of carbonyl (C=O) groups is 1. The molecule has 1 aromatic rings. The van der Waals surface area contributed by atoms with E-state index in [9.17, 15) is 9.90 Å². The molecule has 1 aliphatic rings. The molecule has 98 valence electrons.